The number of esters is 2. The first-order valence-electron chi connectivity index (χ1n) is 14.4. The van der Waals surface area contributed by atoms with Gasteiger partial charge in [0.15, 0.2) is 16.5 Å². The van der Waals surface area contributed by atoms with Gasteiger partial charge in [0, 0.05) is 18.3 Å². The first-order chi connectivity index (χ1) is 19.7. The second-order valence-corrected chi connectivity index (χ2v) is 14.1. The number of ether oxygens (including phenoxy) is 2. The van der Waals surface area contributed by atoms with Gasteiger partial charge >= 0.3 is 11.9 Å². The number of aliphatic hydroxyl groups is 1. The summed E-state index contributed by atoms with van der Waals surface area (Å²) in [5.41, 5.74) is -5.04. The fourth-order valence-corrected chi connectivity index (χ4v) is 10.1. The second kappa shape index (κ2) is 9.87. The molecule has 42 heavy (non-hydrogen) atoms. The van der Waals surface area contributed by atoms with Crippen molar-refractivity contribution in [2.75, 3.05) is 6.61 Å². The number of rotatable bonds is 4. The maximum Gasteiger partial charge on any atom is 0.347 e. The summed E-state index contributed by atoms with van der Waals surface area (Å²) >= 11 is 0.950. The first-order valence-corrected chi connectivity index (χ1v) is 15.2. The van der Waals surface area contributed by atoms with E-state index in [1.54, 1.807) is 6.92 Å². The molecule has 1 aliphatic heterocycles. The molecule has 3 saturated carbocycles. The van der Waals surface area contributed by atoms with E-state index in [9.17, 15) is 24.3 Å². The summed E-state index contributed by atoms with van der Waals surface area (Å²) in [6.45, 7) is 7.02. The van der Waals surface area contributed by atoms with Crippen molar-refractivity contribution in [2.24, 2.45) is 34.5 Å². The number of hydrogen-bond donors (Lipinski definition) is 1. The van der Waals surface area contributed by atoms with E-state index in [2.05, 4.69) is 0 Å². The van der Waals surface area contributed by atoms with Crippen LogP contribution >= 0.6 is 11.8 Å². The van der Waals surface area contributed by atoms with Crippen LogP contribution in [0.25, 0.3) is 0 Å². The summed E-state index contributed by atoms with van der Waals surface area (Å²) in [7, 11) is 0. The molecular formula is C31H34F2O8S. The number of aliphatic hydroxyl groups excluding tert-OH is 1. The third kappa shape index (κ3) is 4.02. The van der Waals surface area contributed by atoms with Crippen LogP contribution in [-0.4, -0.2) is 57.7 Å². The van der Waals surface area contributed by atoms with Crippen molar-refractivity contribution in [3.63, 3.8) is 0 Å². The van der Waals surface area contributed by atoms with Crippen molar-refractivity contribution in [1.82, 2.24) is 0 Å². The summed E-state index contributed by atoms with van der Waals surface area (Å²) < 4.78 is 49.3. The van der Waals surface area contributed by atoms with Crippen molar-refractivity contribution in [1.29, 1.82) is 0 Å². The molecule has 8 nitrogen and oxygen atoms in total. The van der Waals surface area contributed by atoms with E-state index in [-0.39, 0.29) is 47.4 Å². The molecule has 11 heteroatoms. The van der Waals surface area contributed by atoms with Gasteiger partial charge in [0.05, 0.1) is 24.4 Å². The molecule has 5 aliphatic rings. The fourth-order valence-electron chi connectivity index (χ4n) is 8.77. The molecule has 0 spiro atoms. The summed E-state index contributed by atoms with van der Waals surface area (Å²) in [4.78, 5) is 51.4. The normalized spacial score (nSPS) is 42.6. The monoisotopic (exact) mass is 604 g/mol. The molecule has 10 atom stereocenters. The van der Waals surface area contributed by atoms with E-state index >= 15 is 8.78 Å². The number of allylic oxidation sites excluding steroid dienone is 3. The van der Waals surface area contributed by atoms with Crippen molar-refractivity contribution in [3.8, 4) is 0 Å². The summed E-state index contributed by atoms with van der Waals surface area (Å²) in [6, 6.07) is 1.39. The maximum absolute atomic E-state index is 17.8. The molecule has 0 radical (unpaired) electrons. The van der Waals surface area contributed by atoms with E-state index in [1.165, 1.54) is 19.3 Å². The van der Waals surface area contributed by atoms with Crippen molar-refractivity contribution in [3.05, 3.63) is 47.1 Å². The SMILES string of the molecule is Cc1occc1C(=O)OC1=C[C@@]2(C)C(=CC1=O)[C@@H](F)C[C@@H]1[C@@H]3C[C@@H](C)[C@@H](C(=O)S[C@H]4CCOC4=O)[C@@]3(C)C[C@H](O)[C@@]12F. The number of fused-ring (bicyclic) bond motifs is 5. The van der Waals surface area contributed by atoms with Crippen molar-refractivity contribution in [2.45, 2.75) is 76.6 Å². The highest BCUT2D eigenvalue weighted by atomic mass is 32.2. The lowest BCUT2D eigenvalue weighted by molar-refractivity contribution is -0.201. The van der Waals surface area contributed by atoms with Crippen molar-refractivity contribution < 1.29 is 47.0 Å². The summed E-state index contributed by atoms with van der Waals surface area (Å²) in [5, 5.41) is 10.9. The van der Waals surface area contributed by atoms with Gasteiger partial charge in [-0.15, -0.1) is 0 Å². The lowest BCUT2D eigenvalue weighted by atomic mass is 9.45. The zero-order valence-electron chi connectivity index (χ0n) is 23.9. The van der Waals surface area contributed by atoms with Crippen LogP contribution in [0.4, 0.5) is 8.78 Å². The molecule has 226 valence electrons. The summed E-state index contributed by atoms with van der Waals surface area (Å²) in [5.74, 6) is -4.41. The van der Waals surface area contributed by atoms with E-state index in [0.29, 0.717) is 12.8 Å². The minimum absolute atomic E-state index is 0.0635. The Labute approximate surface area is 246 Å². The lowest BCUT2D eigenvalue weighted by Gasteiger charge is -2.62. The first kappa shape index (κ1) is 29.3. The second-order valence-electron chi connectivity index (χ2n) is 12.9. The highest BCUT2D eigenvalue weighted by Gasteiger charge is 2.73. The predicted octanol–water partition coefficient (Wildman–Crippen LogP) is 4.83. The van der Waals surface area contributed by atoms with Gasteiger partial charge in [0.1, 0.15) is 22.7 Å². The van der Waals surface area contributed by atoms with E-state index in [0.717, 1.165) is 23.9 Å². The Kier molecular flexibility index (Phi) is 6.88. The van der Waals surface area contributed by atoms with Crippen LogP contribution in [0.1, 0.15) is 62.6 Å². The van der Waals surface area contributed by atoms with Gasteiger partial charge in [-0.1, -0.05) is 25.6 Å². The van der Waals surface area contributed by atoms with Crippen LogP contribution in [0.3, 0.4) is 0 Å². The molecule has 6 rings (SSSR count). The zero-order chi connectivity index (χ0) is 30.4. The number of furan rings is 1. The number of carbonyl (C=O) groups excluding carboxylic acids is 4. The highest BCUT2D eigenvalue weighted by molar-refractivity contribution is 8.14. The van der Waals surface area contributed by atoms with Crippen LogP contribution in [0.5, 0.6) is 0 Å². The summed E-state index contributed by atoms with van der Waals surface area (Å²) in [6.07, 6.45) is 0.721. The minimum Gasteiger partial charge on any atom is -0.469 e. The quantitative estimate of drug-likeness (QED) is 0.482. The average molecular weight is 605 g/mol. The standard InChI is InChI=1S/C31H34F2O8S/c1-14-9-17-18-10-20(32)19-11-21(34)22(41-26(36)16-5-7-39-15(16)2)12-30(19,4)31(18,33)24(35)13-29(17,3)25(14)28(38)42-23-6-8-40-27(23)37/h5,7,11-12,14,17-18,20,23-25,35H,6,8-10,13H2,1-4H3/t14-,17+,18-,20+,23+,24+,25+,29+,30+,31+/m1/s1. The largest absolute Gasteiger partial charge is 0.469 e. The van der Waals surface area contributed by atoms with Crippen molar-refractivity contribution >= 4 is 34.6 Å². The molecule has 1 aromatic heterocycles. The topological polar surface area (TPSA) is 120 Å². The van der Waals surface area contributed by atoms with Gasteiger partial charge < -0.3 is 19.0 Å². The Morgan fingerprint density at radius 3 is 2.57 bits per heavy atom. The average Bonchev–Trinajstić information content (AvgIpc) is 3.59. The van der Waals surface area contributed by atoms with Crippen LogP contribution < -0.4 is 0 Å². The number of hydrogen-bond acceptors (Lipinski definition) is 9. The fraction of sp³-hybridized carbons (Fsp3) is 0.613. The molecular weight excluding hydrogens is 570 g/mol. The molecule has 0 bridgehead atoms. The van der Waals surface area contributed by atoms with Crippen LogP contribution in [0.15, 0.2) is 40.2 Å². The van der Waals surface area contributed by atoms with Crippen LogP contribution in [-0.2, 0) is 23.9 Å². The molecule has 0 unspecified atom stereocenters. The molecule has 4 aliphatic carbocycles. The van der Waals surface area contributed by atoms with E-state index < -0.39 is 75.3 Å². The van der Waals surface area contributed by atoms with E-state index in [1.807, 2.05) is 13.8 Å². The lowest BCUT2D eigenvalue weighted by Crippen LogP contribution is -2.68. The number of alkyl halides is 2. The van der Waals surface area contributed by atoms with Crippen LogP contribution in [0.2, 0.25) is 0 Å². The van der Waals surface area contributed by atoms with Crippen LogP contribution in [0, 0.1) is 41.4 Å². The third-order valence-corrected chi connectivity index (χ3v) is 11.9. The third-order valence-electron chi connectivity index (χ3n) is 10.7. The van der Waals surface area contributed by atoms with Gasteiger partial charge in [-0.25, -0.2) is 13.6 Å². The molecule has 2 heterocycles. The molecule has 1 aromatic rings. The van der Waals surface area contributed by atoms with Gasteiger partial charge in [-0.2, -0.15) is 0 Å². The Morgan fingerprint density at radius 1 is 1.19 bits per heavy atom. The Balaban J connectivity index is 1.35. The molecule has 0 amide bonds. The maximum atomic E-state index is 17.8. The Hall–Kier alpha value is -2.79. The Morgan fingerprint density at radius 2 is 1.93 bits per heavy atom. The molecule has 4 fully saturated rings. The van der Waals surface area contributed by atoms with Gasteiger partial charge in [0.25, 0.3) is 0 Å². The number of cyclic esters (lactones) is 1. The Bertz CT molecular complexity index is 1430. The zero-order valence-corrected chi connectivity index (χ0v) is 24.7. The van der Waals surface area contributed by atoms with E-state index in [4.69, 9.17) is 13.9 Å². The smallest absolute Gasteiger partial charge is 0.347 e. The number of ketones is 1. The van der Waals surface area contributed by atoms with Gasteiger partial charge in [0.2, 0.25) is 5.78 Å². The molecule has 0 aromatic carbocycles. The highest BCUT2D eigenvalue weighted by Crippen LogP contribution is 2.70. The number of aryl methyl sites for hydroxylation is 1. The number of carbonyl (C=O) groups is 4. The van der Waals surface area contributed by atoms with Gasteiger partial charge in [-0.05, 0) is 74.2 Å². The predicted molar refractivity (Wildman–Crippen MR) is 146 cm³/mol. The number of thioether (sulfide) groups is 1. The number of halogens is 2. The van der Waals surface area contributed by atoms with Gasteiger partial charge in [-0.3, -0.25) is 14.4 Å². The molecule has 1 saturated heterocycles. The molecule has 1 N–H and O–H groups in total. The minimum atomic E-state index is -2.41.